The summed E-state index contributed by atoms with van der Waals surface area (Å²) >= 11 is 0. The molecule has 1 aromatic carbocycles. The van der Waals surface area contributed by atoms with Crippen LogP contribution in [0.3, 0.4) is 0 Å². The molecule has 0 amide bonds. The number of benzene rings is 1. The van der Waals surface area contributed by atoms with Crippen LogP contribution in [0.15, 0.2) is 24.4 Å². The van der Waals surface area contributed by atoms with Crippen molar-refractivity contribution in [3.05, 3.63) is 41.5 Å². The fourth-order valence-electron chi connectivity index (χ4n) is 2.06. The predicted molar refractivity (Wildman–Crippen MR) is 77.4 cm³/mol. The first-order valence-corrected chi connectivity index (χ1v) is 6.45. The Kier molecular flexibility index (Phi) is 4.32. The summed E-state index contributed by atoms with van der Waals surface area (Å²) in [5, 5.41) is 9.09. The van der Waals surface area contributed by atoms with Gasteiger partial charge in [0.05, 0.1) is 30.7 Å². The van der Waals surface area contributed by atoms with Gasteiger partial charge in [-0.05, 0) is 19.1 Å². The molecule has 22 heavy (non-hydrogen) atoms. The Morgan fingerprint density at radius 2 is 2.23 bits per heavy atom. The number of halogens is 1. The molecule has 0 saturated heterocycles. The van der Waals surface area contributed by atoms with Crippen molar-refractivity contribution in [1.29, 1.82) is 5.26 Å². The maximum atomic E-state index is 13.4. The lowest BCUT2D eigenvalue weighted by Gasteiger charge is -2.13. The normalized spacial score (nSPS) is 10.1. The standard InChI is InChI=1S/C15H14FN3O3/c1-3-22-12-6-10(16)4-5-11(12)19-8-9(7-17)13(18)14(19)15(20)21-2/h4-6,8H,3,18H2,1-2H3. The van der Waals surface area contributed by atoms with Gasteiger partial charge in [-0.1, -0.05) is 0 Å². The molecule has 1 heterocycles. The van der Waals surface area contributed by atoms with Crippen LogP contribution < -0.4 is 10.5 Å². The van der Waals surface area contributed by atoms with E-state index >= 15 is 0 Å². The number of nitriles is 1. The zero-order valence-corrected chi connectivity index (χ0v) is 12.1. The van der Waals surface area contributed by atoms with Crippen molar-refractivity contribution >= 4 is 11.7 Å². The van der Waals surface area contributed by atoms with Gasteiger partial charge in [0.15, 0.2) is 5.69 Å². The molecule has 0 radical (unpaired) electrons. The summed E-state index contributed by atoms with van der Waals surface area (Å²) < 4.78 is 24.9. The zero-order valence-electron chi connectivity index (χ0n) is 12.1. The molecule has 2 aromatic rings. The van der Waals surface area contributed by atoms with Crippen molar-refractivity contribution < 1.29 is 18.7 Å². The second-order valence-corrected chi connectivity index (χ2v) is 4.32. The number of hydrogen-bond acceptors (Lipinski definition) is 5. The molecule has 0 unspecified atom stereocenters. The second kappa shape index (κ2) is 6.18. The van der Waals surface area contributed by atoms with Crippen LogP contribution in [0, 0.1) is 17.1 Å². The molecule has 2 rings (SSSR count). The average molecular weight is 303 g/mol. The summed E-state index contributed by atoms with van der Waals surface area (Å²) in [7, 11) is 1.21. The highest BCUT2D eigenvalue weighted by atomic mass is 19.1. The number of methoxy groups -OCH3 is 1. The van der Waals surface area contributed by atoms with E-state index in [1.54, 1.807) is 6.92 Å². The lowest BCUT2D eigenvalue weighted by Crippen LogP contribution is -2.12. The average Bonchev–Trinajstić information content (AvgIpc) is 2.83. The van der Waals surface area contributed by atoms with E-state index < -0.39 is 11.8 Å². The fourth-order valence-corrected chi connectivity index (χ4v) is 2.06. The van der Waals surface area contributed by atoms with E-state index in [1.807, 2.05) is 6.07 Å². The molecule has 7 heteroatoms. The van der Waals surface area contributed by atoms with Crippen LogP contribution in [0.25, 0.3) is 5.69 Å². The van der Waals surface area contributed by atoms with Crippen LogP contribution >= 0.6 is 0 Å². The van der Waals surface area contributed by atoms with Crippen LogP contribution in [0.2, 0.25) is 0 Å². The Labute approximate surface area is 126 Å². The summed E-state index contributed by atoms with van der Waals surface area (Å²) in [5.74, 6) is -0.953. The van der Waals surface area contributed by atoms with Crippen molar-refractivity contribution in [2.75, 3.05) is 19.5 Å². The molecule has 0 bridgehead atoms. The maximum Gasteiger partial charge on any atom is 0.357 e. The fraction of sp³-hybridized carbons (Fsp3) is 0.200. The summed E-state index contributed by atoms with van der Waals surface area (Å²) in [6.07, 6.45) is 1.39. The van der Waals surface area contributed by atoms with Gasteiger partial charge in [0.1, 0.15) is 17.6 Å². The van der Waals surface area contributed by atoms with Crippen LogP contribution in [-0.4, -0.2) is 24.3 Å². The Morgan fingerprint density at radius 3 is 2.82 bits per heavy atom. The molecule has 0 spiro atoms. The molecule has 0 aliphatic heterocycles. The zero-order chi connectivity index (χ0) is 16.3. The van der Waals surface area contributed by atoms with Crippen LogP contribution in [0.1, 0.15) is 23.0 Å². The van der Waals surface area contributed by atoms with Gasteiger partial charge in [0.25, 0.3) is 0 Å². The van der Waals surface area contributed by atoms with Gasteiger partial charge in [0.2, 0.25) is 0 Å². The van der Waals surface area contributed by atoms with Gasteiger partial charge in [0, 0.05) is 12.3 Å². The maximum absolute atomic E-state index is 13.4. The number of carbonyl (C=O) groups excluding carboxylic acids is 1. The number of aromatic nitrogens is 1. The number of nitrogen functional groups attached to an aromatic ring is 1. The van der Waals surface area contributed by atoms with E-state index in [-0.39, 0.29) is 22.7 Å². The lowest BCUT2D eigenvalue weighted by molar-refractivity contribution is 0.0593. The second-order valence-electron chi connectivity index (χ2n) is 4.32. The van der Waals surface area contributed by atoms with Crippen LogP contribution in [0.4, 0.5) is 10.1 Å². The lowest BCUT2D eigenvalue weighted by atomic mass is 10.2. The van der Waals surface area contributed by atoms with Crippen LogP contribution in [-0.2, 0) is 4.74 Å². The number of anilines is 1. The number of nitrogens with two attached hydrogens (primary N) is 1. The van der Waals surface area contributed by atoms with E-state index in [2.05, 4.69) is 0 Å². The first-order chi connectivity index (χ1) is 10.5. The highest BCUT2D eigenvalue weighted by Gasteiger charge is 2.23. The predicted octanol–water partition coefficient (Wildman–Crippen LogP) is 2.26. The third-order valence-corrected chi connectivity index (χ3v) is 3.02. The molecule has 1 aromatic heterocycles. The van der Waals surface area contributed by atoms with Gasteiger partial charge >= 0.3 is 5.97 Å². The van der Waals surface area contributed by atoms with Gasteiger partial charge < -0.3 is 19.8 Å². The summed E-state index contributed by atoms with van der Waals surface area (Å²) in [5.41, 5.74) is 6.32. The Hall–Kier alpha value is -3.01. The molecule has 114 valence electrons. The molecule has 0 aliphatic rings. The third kappa shape index (κ3) is 2.59. The quantitative estimate of drug-likeness (QED) is 0.875. The van der Waals surface area contributed by atoms with E-state index in [9.17, 15) is 9.18 Å². The van der Waals surface area contributed by atoms with Crippen LogP contribution in [0.5, 0.6) is 5.75 Å². The molecule has 0 atom stereocenters. The Morgan fingerprint density at radius 1 is 1.50 bits per heavy atom. The molecule has 6 nitrogen and oxygen atoms in total. The van der Waals surface area contributed by atoms with Gasteiger partial charge in [-0.3, -0.25) is 0 Å². The smallest absolute Gasteiger partial charge is 0.357 e. The molecule has 2 N–H and O–H groups in total. The molecule has 0 aliphatic carbocycles. The molecular formula is C15H14FN3O3. The minimum atomic E-state index is -0.703. The summed E-state index contributed by atoms with van der Waals surface area (Å²) in [4.78, 5) is 11.9. The largest absolute Gasteiger partial charge is 0.492 e. The Bertz CT molecular complexity index is 762. The van der Waals surface area contributed by atoms with Crippen molar-refractivity contribution in [3.63, 3.8) is 0 Å². The molecular weight excluding hydrogens is 289 g/mol. The van der Waals surface area contributed by atoms with Gasteiger partial charge in [-0.2, -0.15) is 5.26 Å². The number of carbonyl (C=O) groups is 1. The monoisotopic (exact) mass is 303 g/mol. The van der Waals surface area contributed by atoms with E-state index in [4.69, 9.17) is 20.5 Å². The van der Waals surface area contributed by atoms with E-state index in [0.717, 1.165) is 0 Å². The SMILES string of the molecule is CCOc1cc(F)ccc1-n1cc(C#N)c(N)c1C(=O)OC. The number of ether oxygens (including phenoxy) is 2. The van der Waals surface area contributed by atoms with E-state index in [1.165, 1.54) is 36.1 Å². The molecule has 0 fully saturated rings. The minimum absolute atomic E-state index is 0.00104. The summed E-state index contributed by atoms with van der Waals surface area (Å²) in [6.45, 7) is 2.06. The number of rotatable bonds is 4. The van der Waals surface area contributed by atoms with Crippen molar-refractivity contribution in [3.8, 4) is 17.5 Å². The first kappa shape index (κ1) is 15.4. The van der Waals surface area contributed by atoms with Crippen molar-refractivity contribution in [2.45, 2.75) is 6.92 Å². The topological polar surface area (TPSA) is 90.3 Å². The van der Waals surface area contributed by atoms with Gasteiger partial charge in [-0.25, -0.2) is 9.18 Å². The molecule has 0 saturated carbocycles. The summed E-state index contributed by atoms with van der Waals surface area (Å²) in [6, 6.07) is 5.76. The van der Waals surface area contributed by atoms with Crippen molar-refractivity contribution in [2.24, 2.45) is 0 Å². The van der Waals surface area contributed by atoms with Crippen molar-refractivity contribution in [1.82, 2.24) is 4.57 Å². The third-order valence-electron chi connectivity index (χ3n) is 3.02. The number of nitrogens with zero attached hydrogens (tertiary/aromatic N) is 2. The number of hydrogen-bond donors (Lipinski definition) is 1. The highest BCUT2D eigenvalue weighted by Crippen LogP contribution is 2.30. The Balaban J connectivity index is 2.72. The number of esters is 1. The minimum Gasteiger partial charge on any atom is -0.492 e. The first-order valence-electron chi connectivity index (χ1n) is 6.45. The van der Waals surface area contributed by atoms with E-state index in [0.29, 0.717) is 12.3 Å². The van der Waals surface area contributed by atoms with Gasteiger partial charge in [-0.15, -0.1) is 0 Å². The highest BCUT2D eigenvalue weighted by molar-refractivity contribution is 5.96.